The van der Waals surface area contributed by atoms with E-state index in [2.05, 4.69) is 15.9 Å². The molecule has 72 valence electrons. The maximum absolute atomic E-state index is 10.5. The lowest BCUT2D eigenvalue weighted by atomic mass is 10.2. The Labute approximate surface area is 88.2 Å². The van der Waals surface area contributed by atoms with E-state index in [1.165, 1.54) is 19.2 Å². The van der Waals surface area contributed by atoms with Gasteiger partial charge in [0.25, 0.3) is 5.69 Å². The molecular weight excluding hydrogens is 252 g/mol. The van der Waals surface area contributed by atoms with Crippen LogP contribution in [0.5, 0.6) is 5.75 Å². The first-order valence-corrected chi connectivity index (χ1v) is 4.31. The zero-order chi connectivity index (χ0) is 10.7. The molecule has 0 saturated carbocycles. The van der Waals surface area contributed by atoms with Gasteiger partial charge in [-0.25, -0.2) is 0 Å². The summed E-state index contributed by atoms with van der Waals surface area (Å²) in [5.41, 5.74) is 0.130. The van der Waals surface area contributed by atoms with E-state index in [0.717, 1.165) is 0 Å². The van der Waals surface area contributed by atoms with E-state index in [9.17, 15) is 10.1 Å². The molecule has 14 heavy (non-hydrogen) atoms. The highest BCUT2D eigenvalue weighted by atomic mass is 79.9. The van der Waals surface area contributed by atoms with Crippen LogP contribution in [0, 0.1) is 21.4 Å². The third-order valence-corrected chi connectivity index (χ3v) is 2.21. The van der Waals surface area contributed by atoms with Crippen molar-refractivity contribution in [3.8, 4) is 11.8 Å². The van der Waals surface area contributed by atoms with E-state index < -0.39 is 4.92 Å². The van der Waals surface area contributed by atoms with Gasteiger partial charge in [0.2, 0.25) is 0 Å². The van der Waals surface area contributed by atoms with Crippen LogP contribution in [0.3, 0.4) is 0 Å². The summed E-state index contributed by atoms with van der Waals surface area (Å²) in [5.74, 6) is 0.188. The minimum absolute atomic E-state index is 0.118. The lowest BCUT2D eigenvalue weighted by Crippen LogP contribution is -1.93. The Bertz CT molecular complexity index is 425. The molecule has 0 bridgehead atoms. The number of hydrogen-bond donors (Lipinski definition) is 0. The highest BCUT2D eigenvalue weighted by molar-refractivity contribution is 9.10. The van der Waals surface area contributed by atoms with Crippen molar-refractivity contribution < 1.29 is 9.66 Å². The topological polar surface area (TPSA) is 76.2 Å². The van der Waals surface area contributed by atoms with Crippen LogP contribution in [-0.4, -0.2) is 12.0 Å². The zero-order valence-corrected chi connectivity index (χ0v) is 8.74. The number of halogens is 1. The number of nitro benzene ring substituents is 1. The summed E-state index contributed by atoms with van der Waals surface area (Å²) in [4.78, 5) is 9.92. The van der Waals surface area contributed by atoms with Gasteiger partial charge >= 0.3 is 0 Å². The Kier molecular flexibility index (Phi) is 3.04. The van der Waals surface area contributed by atoms with Crippen molar-refractivity contribution in [2.24, 2.45) is 0 Å². The summed E-state index contributed by atoms with van der Waals surface area (Å²) in [5, 5.41) is 19.2. The Morgan fingerprint density at radius 2 is 2.29 bits per heavy atom. The van der Waals surface area contributed by atoms with Gasteiger partial charge in [-0.15, -0.1) is 0 Å². The number of non-ortho nitro benzene ring substituents is 1. The van der Waals surface area contributed by atoms with Crippen LogP contribution in [-0.2, 0) is 0 Å². The maximum Gasteiger partial charge on any atom is 0.274 e. The number of nitrogens with zero attached hydrogens (tertiary/aromatic N) is 2. The molecule has 0 saturated heterocycles. The fourth-order valence-corrected chi connectivity index (χ4v) is 1.46. The van der Waals surface area contributed by atoms with Gasteiger partial charge in [0.05, 0.1) is 18.1 Å². The second-order valence-corrected chi connectivity index (χ2v) is 3.23. The third-order valence-electron chi connectivity index (χ3n) is 1.58. The number of hydrogen-bond acceptors (Lipinski definition) is 4. The molecule has 5 nitrogen and oxygen atoms in total. The number of ether oxygens (including phenoxy) is 1. The summed E-state index contributed by atoms with van der Waals surface area (Å²) >= 11 is 3.06. The molecule has 6 heteroatoms. The zero-order valence-electron chi connectivity index (χ0n) is 7.15. The number of methoxy groups -OCH3 is 1. The average molecular weight is 257 g/mol. The quantitative estimate of drug-likeness (QED) is 0.601. The fourth-order valence-electron chi connectivity index (χ4n) is 0.943. The third kappa shape index (κ3) is 1.83. The molecule has 0 N–H and O–H groups in total. The highest BCUT2D eigenvalue weighted by Gasteiger charge is 2.15. The van der Waals surface area contributed by atoms with Gasteiger partial charge in [-0.3, -0.25) is 10.1 Å². The maximum atomic E-state index is 10.5. The van der Waals surface area contributed by atoms with Gasteiger partial charge in [0.15, 0.2) is 0 Å². The van der Waals surface area contributed by atoms with Crippen LogP contribution in [0.25, 0.3) is 0 Å². The first kappa shape index (κ1) is 10.5. The van der Waals surface area contributed by atoms with Crippen molar-refractivity contribution in [3.63, 3.8) is 0 Å². The highest BCUT2D eigenvalue weighted by Crippen LogP contribution is 2.31. The summed E-state index contributed by atoms with van der Waals surface area (Å²) in [7, 11) is 1.35. The average Bonchev–Trinajstić information content (AvgIpc) is 2.16. The predicted octanol–water partition coefficient (Wildman–Crippen LogP) is 2.24. The van der Waals surface area contributed by atoms with Crippen LogP contribution in [0.4, 0.5) is 5.69 Å². The van der Waals surface area contributed by atoms with Crippen molar-refractivity contribution in [2.45, 2.75) is 0 Å². The summed E-state index contributed by atoms with van der Waals surface area (Å²) in [6.07, 6.45) is 0. The van der Waals surface area contributed by atoms with E-state index in [0.29, 0.717) is 4.47 Å². The normalized spacial score (nSPS) is 9.21. The van der Waals surface area contributed by atoms with Crippen molar-refractivity contribution in [1.29, 1.82) is 5.26 Å². The Hall–Kier alpha value is -1.61. The Balaban J connectivity index is 3.40. The smallest absolute Gasteiger partial charge is 0.274 e. The van der Waals surface area contributed by atoms with E-state index in [1.54, 1.807) is 0 Å². The van der Waals surface area contributed by atoms with Gasteiger partial charge in [-0.2, -0.15) is 5.26 Å². The molecular formula is C8H5BrN2O3. The molecule has 0 aliphatic rings. The molecule has 0 aliphatic heterocycles. The molecule has 0 amide bonds. The largest absolute Gasteiger partial charge is 0.495 e. The lowest BCUT2D eigenvalue weighted by molar-refractivity contribution is -0.385. The number of nitriles is 1. The molecule has 0 heterocycles. The molecule has 0 atom stereocenters. The van der Waals surface area contributed by atoms with Crippen molar-refractivity contribution in [2.75, 3.05) is 7.11 Å². The molecule has 0 aliphatic carbocycles. The minimum atomic E-state index is -0.547. The monoisotopic (exact) mass is 256 g/mol. The van der Waals surface area contributed by atoms with Gasteiger partial charge in [0, 0.05) is 10.5 Å². The molecule has 0 unspecified atom stereocenters. The van der Waals surface area contributed by atoms with Crippen LogP contribution in [0.1, 0.15) is 5.56 Å². The predicted molar refractivity (Wildman–Crippen MR) is 52.1 cm³/mol. The van der Waals surface area contributed by atoms with Gasteiger partial charge in [-0.05, 0) is 15.9 Å². The van der Waals surface area contributed by atoms with Gasteiger partial charge in [0.1, 0.15) is 17.4 Å². The molecule has 0 radical (unpaired) electrons. The molecule has 1 aromatic carbocycles. The second kappa shape index (κ2) is 4.07. The second-order valence-electron chi connectivity index (χ2n) is 2.37. The van der Waals surface area contributed by atoms with Crippen LogP contribution < -0.4 is 4.74 Å². The number of rotatable bonds is 2. The van der Waals surface area contributed by atoms with Gasteiger partial charge < -0.3 is 4.74 Å². The van der Waals surface area contributed by atoms with Crippen LogP contribution in [0.15, 0.2) is 16.6 Å². The fraction of sp³-hybridized carbons (Fsp3) is 0.125. The molecule has 0 fully saturated rings. The van der Waals surface area contributed by atoms with Crippen molar-refractivity contribution in [3.05, 3.63) is 32.3 Å². The molecule has 0 spiro atoms. The van der Waals surface area contributed by atoms with Crippen molar-refractivity contribution >= 4 is 21.6 Å². The lowest BCUT2D eigenvalue weighted by Gasteiger charge is -2.03. The first-order valence-electron chi connectivity index (χ1n) is 3.52. The number of benzene rings is 1. The number of nitro groups is 1. The summed E-state index contributed by atoms with van der Waals surface area (Å²) in [6.45, 7) is 0. The summed E-state index contributed by atoms with van der Waals surface area (Å²) in [6, 6.07) is 4.36. The van der Waals surface area contributed by atoms with E-state index in [-0.39, 0.29) is 17.0 Å². The Morgan fingerprint density at radius 3 is 2.71 bits per heavy atom. The standard InChI is InChI=1S/C8H5BrN2O3/c1-14-8-3-5(11(12)13)2-7(9)6(8)4-10/h2-3H,1H3. The Morgan fingerprint density at radius 1 is 1.64 bits per heavy atom. The van der Waals surface area contributed by atoms with Crippen molar-refractivity contribution in [1.82, 2.24) is 0 Å². The van der Waals surface area contributed by atoms with E-state index in [4.69, 9.17) is 10.00 Å². The molecule has 0 aromatic heterocycles. The van der Waals surface area contributed by atoms with E-state index in [1.807, 2.05) is 6.07 Å². The summed E-state index contributed by atoms with van der Waals surface area (Å²) < 4.78 is 5.20. The minimum Gasteiger partial charge on any atom is -0.495 e. The van der Waals surface area contributed by atoms with Crippen LogP contribution in [0.2, 0.25) is 0 Å². The SMILES string of the molecule is COc1cc([N+](=O)[O-])cc(Br)c1C#N. The molecule has 1 aromatic rings. The van der Waals surface area contributed by atoms with Crippen LogP contribution >= 0.6 is 15.9 Å². The van der Waals surface area contributed by atoms with Gasteiger partial charge in [-0.1, -0.05) is 0 Å². The first-order chi connectivity index (χ1) is 6.60. The molecule has 1 rings (SSSR count). The van der Waals surface area contributed by atoms with E-state index >= 15 is 0 Å².